The minimum absolute atomic E-state index is 0.178. The van der Waals surface area contributed by atoms with Crippen LogP contribution in [0.1, 0.15) is 35.3 Å². The highest BCUT2D eigenvalue weighted by molar-refractivity contribution is 8.19. The Kier molecular flexibility index (Phi) is 6.65. The fourth-order valence-electron chi connectivity index (χ4n) is 2.63. The maximum atomic E-state index is 12.9. The molecule has 10 heteroatoms. The molecule has 2 N–H and O–H groups in total. The van der Waals surface area contributed by atoms with Gasteiger partial charge in [0.1, 0.15) is 15.9 Å². The van der Waals surface area contributed by atoms with Crippen molar-refractivity contribution in [3.05, 3.63) is 38.7 Å². The van der Waals surface area contributed by atoms with E-state index in [4.69, 9.17) is 20.0 Å². The summed E-state index contributed by atoms with van der Waals surface area (Å²) in [5.41, 5.74) is 0.687. The first-order chi connectivity index (χ1) is 13.9. The van der Waals surface area contributed by atoms with Gasteiger partial charge in [-0.15, -0.1) is 21.5 Å². The van der Waals surface area contributed by atoms with E-state index in [0.717, 1.165) is 23.2 Å². The average Bonchev–Trinajstić information content (AvgIpc) is 3.25. The number of carboxylic acids is 1. The zero-order valence-electron chi connectivity index (χ0n) is 15.8. The lowest BCUT2D eigenvalue weighted by molar-refractivity contribution is -0.139. The Labute approximate surface area is 175 Å². The molecule has 8 nitrogen and oxygen atoms in total. The molecule has 0 radical (unpaired) electrons. The van der Waals surface area contributed by atoms with Crippen LogP contribution in [0.5, 0.6) is 11.5 Å². The normalized spacial score (nSPS) is 17.7. The highest BCUT2D eigenvalue weighted by atomic mass is 32.2. The molecule has 1 unspecified atom stereocenters. The molecule has 1 aromatic carbocycles. The van der Waals surface area contributed by atoms with Crippen LogP contribution >= 0.6 is 23.1 Å². The van der Waals surface area contributed by atoms with Crippen molar-refractivity contribution in [3.63, 3.8) is 0 Å². The summed E-state index contributed by atoms with van der Waals surface area (Å²) in [6.07, 6.45) is 2.42. The largest absolute Gasteiger partial charge is 0.490 e. The molecule has 0 saturated carbocycles. The van der Waals surface area contributed by atoms with Crippen molar-refractivity contribution in [1.29, 1.82) is 5.41 Å². The van der Waals surface area contributed by atoms with Crippen molar-refractivity contribution in [1.82, 2.24) is 10.2 Å². The molecule has 1 saturated heterocycles. The number of hydrogen-bond acceptors (Lipinski definition) is 9. The number of aryl methyl sites for hydroxylation is 1. The Bertz CT molecular complexity index is 986. The molecule has 2 aromatic rings. The number of aliphatic carboxylic acids is 1. The number of aromatic nitrogens is 2. The van der Waals surface area contributed by atoms with Crippen LogP contribution in [0.2, 0.25) is 0 Å². The van der Waals surface area contributed by atoms with E-state index < -0.39 is 18.5 Å². The van der Waals surface area contributed by atoms with Gasteiger partial charge in [-0.2, -0.15) is 0 Å². The van der Waals surface area contributed by atoms with Crippen LogP contribution in [0.15, 0.2) is 23.1 Å². The van der Waals surface area contributed by atoms with Crippen molar-refractivity contribution >= 4 is 46.0 Å². The Morgan fingerprint density at radius 2 is 2.07 bits per heavy atom. The second kappa shape index (κ2) is 9.19. The number of carbonyl (C=O) groups is 2. The highest BCUT2D eigenvalue weighted by Gasteiger charge is 2.39. The number of benzene rings is 1. The van der Waals surface area contributed by atoms with E-state index in [9.17, 15) is 9.59 Å². The lowest BCUT2D eigenvalue weighted by Gasteiger charge is -2.11. The van der Waals surface area contributed by atoms with Crippen molar-refractivity contribution in [3.8, 4) is 11.5 Å². The van der Waals surface area contributed by atoms with E-state index in [2.05, 4.69) is 10.2 Å². The Morgan fingerprint density at radius 3 is 2.72 bits per heavy atom. The molecule has 1 fully saturated rings. The first kappa shape index (κ1) is 21.0. The van der Waals surface area contributed by atoms with E-state index in [1.807, 2.05) is 6.92 Å². The maximum absolute atomic E-state index is 12.9. The number of rotatable bonds is 8. The number of ketones is 1. The summed E-state index contributed by atoms with van der Waals surface area (Å²) in [6.45, 7) is 3.67. The van der Waals surface area contributed by atoms with Gasteiger partial charge in [0, 0.05) is 0 Å². The third kappa shape index (κ3) is 4.83. The molecule has 2 heterocycles. The fraction of sp³-hybridized carbons (Fsp3) is 0.316. The quantitative estimate of drug-likeness (QED) is 0.608. The zero-order chi connectivity index (χ0) is 21.0. The lowest BCUT2D eigenvalue weighted by atomic mass is 10.1. The Balaban J connectivity index is 1.85. The van der Waals surface area contributed by atoms with Crippen molar-refractivity contribution in [2.75, 3.05) is 13.2 Å². The molecule has 0 aliphatic carbocycles. The second-order valence-electron chi connectivity index (χ2n) is 5.98. The van der Waals surface area contributed by atoms with Crippen molar-refractivity contribution < 1.29 is 24.2 Å². The third-order valence-electron chi connectivity index (χ3n) is 3.94. The Morgan fingerprint density at radius 1 is 1.28 bits per heavy atom. The van der Waals surface area contributed by atoms with E-state index >= 15 is 0 Å². The molecule has 152 valence electrons. The minimum Gasteiger partial charge on any atom is -0.490 e. The summed E-state index contributed by atoms with van der Waals surface area (Å²) in [7, 11) is 0. The lowest BCUT2D eigenvalue weighted by Crippen LogP contribution is -2.11. The van der Waals surface area contributed by atoms with Gasteiger partial charge in [0.25, 0.3) is 0 Å². The van der Waals surface area contributed by atoms with Crippen LogP contribution < -0.4 is 9.47 Å². The molecule has 0 bridgehead atoms. The van der Waals surface area contributed by atoms with Gasteiger partial charge in [0.05, 0.1) is 16.6 Å². The van der Waals surface area contributed by atoms with Gasteiger partial charge in [-0.05, 0) is 37.1 Å². The molecule has 1 atom stereocenters. The molecule has 1 aromatic heterocycles. The van der Waals surface area contributed by atoms with E-state index in [0.29, 0.717) is 33.6 Å². The molecule has 1 aliphatic heterocycles. The van der Waals surface area contributed by atoms with Crippen LogP contribution in [0.4, 0.5) is 0 Å². The molecule has 3 rings (SSSR count). The van der Waals surface area contributed by atoms with Crippen LogP contribution in [-0.2, 0) is 16.0 Å². The summed E-state index contributed by atoms with van der Waals surface area (Å²) in [5, 5.41) is 26.7. The van der Waals surface area contributed by atoms with Crippen molar-refractivity contribution in [2.24, 2.45) is 0 Å². The molecular weight excluding hydrogens is 414 g/mol. The van der Waals surface area contributed by atoms with Gasteiger partial charge in [-0.1, -0.05) is 24.8 Å². The number of hydrogen-bond donors (Lipinski definition) is 2. The van der Waals surface area contributed by atoms with Gasteiger partial charge >= 0.3 is 5.97 Å². The first-order valence-corrected chi connectivity index (χ1v) is 10.5. The van der Waals surface area contributed by atoms with Crippen LogP contribution in [0.25, 0.3) is 6.08 Å². The molecular formula is C19H19N3O5S2. The summed E-state index contributed by atoms with van der Waals surface area (Å²) in [6, 6.07) is 4.99. The topological polar surface area (TPSA) is 122 Å². The standard InChI is InChI=1S/C19H19N3O5S2/c1-3-14-21-22-19(29-14)16-17(25)13(28-18(16)20)8-10-5-6-11(27-9-15(23)24)12(7-10)26-4-2/h5-8,16,20H,3-4,9H2,1-2H3,(H,23,24). The van der Waals surface area contributed by atoms with Crippen LogP contribution in [0, 0.1) is 5.41 Å². The van der Waals surface area contributed by atoms with Gasteiger partial charge in [-0.25, -0.2) is 4.79 Å². The van der Waals surface area contributed by atoms with E-state index in [-0.39, 0.29) is 10.8 Å². The average molecular weight is 434 g/mol. The highest BCUT2D eigenvalue weighted by Crippen LogP contribution is 2.42. The monoisotopic (exact) mass is 433 g/mol. The molecule has 0 amide bonds. The summed E-state index contributed by atoms with van der Waals surface area (Å²) >= 11 is 2.47. The summed E-state index contributed by atoms with van der Waals surface area (Å²) in [5.74, 6) is -1.26. The number of nitrogens with one attached hydrogen (secondary N) is 1. The number of nitrogens with zero attached hydrogens (tertiary/aromatic N) is 2. The summed E-state index contributed by atoms with van der Waals surface area (Å²) in [4.78, 5) is 24.0. The van der Waals surface area contributed by atoms with Crippen LogP contribution in [-0.4, -0.2) is 45.3 Å². The SMILES string of the molecule is CCOc1cc(C=C2SC(=N)C(c3nnc(CC)s3)C2=O)ccc1OCC(=O)O. The van der Waals surface area contributed by atoms with Gasteiger partial charge < -0.3 is 14.6 Å². The number of ether oxygens (including phenoxy) is 2. The first-order valence-electron chi connectivity index (χ1n) is 8.88. The number of thioether (sulfide) groups is 1. The molecule has 0 spiro atoms. The zero-order valence-corrected chi connectivity index (χ0v) is 17.4. The van der Waals surface area contributed by atoms with Gasteiger partial charge in [-0.3, -0.25) is 10.2 Å². The van der Waals surface area contributed by atoms with Gasteiger partial charge in [0.15, 0.2) is 23.9 Å². The number of carbonyl (C=O) groups excluding carboxylic acids is 1. The van der Waals surface area contributed by atoms with Crippen LogP contribution in [0.3, 0.4) is 0 Å². The van der Waals surface area contributed by atoms with E-state index in [1.54, 1.807) is 31.2 Å². The Hall–Kier alpha value is -2.72. The third-order valence-corrected chi connectivity index (χ3v) is 6.06. The van der Waals surface area contributed by atoms with Crippen molar-refractivity contribution in [2.45, 2.75) is 26.2 Å². The number of allylic oxidation sites excluding steroid dienone is 1. The second-order valence-corrected chi connectivity index (χ2v) is 8.16. The predicted molar refractivity (Wildman–Crippen MR) is 111 cm³/mol. The molecule has 29 heavy (non-hydrogen) atoms. The van der Waals surface area contributed by atoms with E-state index in [1.165, 1.54) is 11.3 Å². The van der Waals surface area contributed by atoms with Gasteiger partial charge in [0.2, 0.25) is 0 Å². The maximum Gasteiger partial charge on any atom is 0.341 e. The smallest absolute Gasteiger partial charge is 0.341 e. The predicted octanol–water partition coefficient (Wildman–Crippen LogP) is 3.38. The minimum atomic E-state index is -1.08. The summed E-state index contributed by atoms with van der Waals surface area (Å²) < 4.78 is 10.8. The number of Topliss-reactive ketones (excluding diaryl/α,β-unsaturated/α-hetero) is 1. The fourth-order valence-corrected chi connectivity index (χ4v) is 4.59. The molecule has 1 aliphatic rings. The number of carboxylic acid groups (broad SMARTS) is 1.